The molecule has 0 saturated carbocycles. The number of hydrogen-bond donors (Lipinski definition) is 0. The lowest BCUT2D eigenvalue weighted by Gasteiger charge is -2.13. The normalized spacial score (nSPS) is 13.4. The zero-order valence-electron chi connectivity index (χ0n) is 11.3. The first-order valence-electron chi connectivity index (χ1n) is 6.69. The van der Waals surface area contributed by atoms with Crippen molar-refractivity contribution in [2.24, 2.45) is 0 Å². The molecule has 1 aliphatic rings. The third-order valence-electron chi connectivity index (χ3n) is 3.65. The molecule has 1 aromatic heterocycles. The van der Waals surface area contributed by atoms with E-state index in [4.69, 9.17) is 0 Å². The lowest BCUT2D eigenvalue weighted by atomic mass is 10.0. The van der Waals surface area contributed by atoms with Crippen molar-refractivity contribution in [3.05, 3.63) is 53.6 Å². The summed E-state index contributed by atoms with van der Waals surface area (Å²) in [5.74, 6) is -0.317. The van der Waals surface area contributed by atoms with E-state index in [1.165, 1.54) is 6.20 Å². The van der Waals surface area contributed by atoms with Crippen LogP contribution in [0.5, 0.6) is 0 Å². The average Bonchev–Trinajstić information content (AvgIpc) is 2.90. The number of fused-ring (bicyclic) bond motifs is 1. The van der Waals surface area contributed by atoms with Crippen LogP contribution in [0.2, 0.25) is 0 Å². The zero-order chi connectivity index (χ0) is 14.1. The first-order chi connectivity index (χ1) is 9.69. The minimum atomic E-state index is -0.466. The van der Waals surface area contributed by atoms with Crippen LogP contribution in [0.1, 0.15) is 24.5 Å². The minimum absolute atomic E-state index is 0.148. The van der Waals surface area contributed by atoms with E-state index in [0.717, 1.165) is 16.7 Å². The van der Waals surface area contributed by atoms with E-state index < -0.39 is 5.95 Å². The van der Waals surface area contributed by atoms with Gasteiger partial charge in [-0.3, -0.25) is 4.79 Å². The highest BCUT2D eigenvalue weighted by molar-refractivity contribution is 5.77. The number of pyridine rings is 1. The van der Waals surface area contributed by atoms with E-state index in [9.17, 15) is 9.18 Å². The molecule has 0 aliphatic carbocycles. The monoisotopic (exact) mass is 270 g/mol. The number of carbonyl (C=O) groups is 1. The Morgan fingerprint density at radius 3 is 2.85 bits per heavy atom. The molecule has 0 atom stereocenters. The Morgan fingerprint density at radius 1 is 1.30 bits per heavy atom. The summed E-state index contributed by atoms with van der Waals surface area (Å²) < 4.78 is 13.7. The van der Waals surface area contributed by atoms with Crippen molar-refractivity contribution < 1.29 is 9.18 Å². The Kier molecular flexibility index (Phi) is 3.22. The number of rotatable bonds is 2. The minimum Gasteiger partial charge on any atom is -0.334 e. The Bertz CT molecular complexity index is 669. The molecule has 1 aromatic carbocycles. The molecule has 4 heteroatoms. The Hall–Kier alpha value is -2.23. The molecule has 0 N–H and O–H groups in total. The number of halogens is 1. The van der Waals surface area contributed by atoms with Crippen LogP contribution in [-0.2, 0) is 17.9 Å². The molecular formula is C16H15FN2O. The Morgan fingerprint density at radius 2 is 2.10 bits per heavy atom. The smallest absolute Gasteiger partial charge is 0.222 e. The summed E-state index contributed by atoms with van der Waals surface area (Å²) in [6.45, 7) is 3.12. The molecule has 0 saturated heterocycles. The van der Waals surface area contributed by atoms with Gasteiger partial charge in [0, 0.05) is 31.3 Å². The summed E-state index contributed by atoms with van der Waals surface area (Å²) in [5.41, 5.74) is 3.53. The van der Waals surface area contributed by atoms with Crippen LogP contribution in [0, 0.1) is 5.95 Å². The van der Waals surface area contributed by atoms with Crippen molar-refractivity contribution >= 4 is 5.91 Å². The molecule has 1 amide bonds. The van der Waals surface area contributed by atoms with Crippen LogP contribution in [0.15, 0.2) is 36.5 Å². The van der Waals surface area contributed by atoms with E-state index in [2.05, 4.69) is 4.98 Å². The van der Waals surface area contributed by atoms with Crippen LogP contribution < -0.4 is 0 Å². The fourth-order valence-corrected chi connectivity index (χ4v) is 2.56. The zero-order valence-corrected chi connectivity index (χ0v) is 11.3. The predicted molar refractivity (Wildman–Crippen MR) is 74.2 cm³/mol. The summed E-state index contributed by atoms with van der Waals surface area (Å²) >= 11 is 0. The highest BCUT2D eigenvalue weighted by atomic mass is 19.1. The van der Waals surface area contributed by atoms with Gasteiger partial charge in [0.25, 0.3) is 0 Å². The van der Waals surface area contributed by atoms with Gasteiger partial charge >= 0.3 is 0 Å². The van der Waals surface area contributed by atoms with E-state index in [-0.39, 0.29) is 5.91 Å². The van der Waals surface area contributed by atoms with Gasteiger partial charge in [0.2, 0.25) is 11.9 Å². The molecule has 0 radical (unpaired) electrons. The first-order valence-corrected chi connectivity index (χ1v) is 6.69. The summed E-state index contributed by atoms with van der Waals surface area (Å²) in [7, 11) is 0. The van der Waals surface area contributed by atoms with Gasteiger partial charge in [-0.15, -0.1) is 0 Å². The molecule has 3 rings (SSSR count). The topological polar surface area (TPSA) is 33.2 Å². The molecule has 0 fully saturated rings. The molecule has 0 unspecified atom stereocenters. The molecule has 0 bridgehead atoms. The molecule has 3 nitrogen and oxygen atoms in total. The highest BCUT2D eigenvalue weighted by Crippen LogP contribution is 2.29. The van der Waals surface area contributed by atoms with Gasteiger partial charge in [0.05, 0.1) is 0 Å². The number of carbonyl (C=O) groups excluding carboxylic acids is 1. The van der Waals surface area contributed by atoms with Gasteiger partial charge in [-0.05, 0) is 34.9 Å². The number of hydrogen-bond acceptors (Lipinski definition) is 2. The summed E-state index contributed by atoms with van der Waals surface area (Å²) in [6.07, 6.45) is 1.95. The standard InChI is InChI=1S/C16H15FN2O/c1-2-15(20)19-9-12-6-5-11(8-13(12)10-19)14-4-3-7-18-16(14)17/h3-8H,2,9-10H2,1H3. The van der Waals surface area contributed by atoms with Gasteiger partial charge in [-0.1, -0.05) is 19.1 Å². The van der Waals surface area contributed by atoms with Crippen molar-refractivity contribution in [1.82, 2.24) is 9.88 Å². The van der Waals surface area contributed by atoms with Crippen LogP contribution >= 0.6 is 0 Å². The molecule has 102 valence electrons. The second-order valence-electron chi connectivity index (χ2n) is 4.93. The van der Waals surface area contributed by atoms with Crippen molar-refractivity contribution in [3.8, 4) is 11.1 Å². The van der Waals surface area contributed by atoms with Crippen molar-refractivity contribution in [1.29, 1.82) is 0 Å². The van der Waals surface area contributed by atoms with Crippen LogP contribution in [0.4, 0.5) is 4.39 Å². The van der Waals surface area contributed by atoms with Gasteiger partial charge in [-0.25, -0.2) is 4.98 Å². The van der Waals surface area contributed by atoms with E-state index in [1.807, 2.05) is 30.0 Å². The van der Waals surface area contributed by atoms with Crippen LogP contribution in [-0.4, -0.2) is 15.8 Å². The number of amides is 1. The predicted octanol–water partition coefficient (Wildman–Crippen LogP) is 3.14. The van der Waals surface area contributed by atoms with E-state index in [0.29, 0.717) is 25.1 Å². The third kappa shape index (κ3) is 2.18. The van der Waals surface area contributed by atoms with Crippen molar-refractivity contribution in [2.75, 3.05) is 0 Å². The fraction of sp³-hybridized carbons (Fsp3) is 0.250. The third-order valence-corrected chi connectivity index (χ3v) is 3.65. The molecule has 0 spiro atoms. The molecule has 1 aliphatic heterocycles. The summed E-state index contributed by atoms with van der Waals surface area (Å²) in [6, 6.07) is 9.25. The lowest BCUT2D eigenvalue weighted by molar-refractivity contribution is -0.131. The van der Waals surface area contributed by atoms with Gasteiger partial charge in [-0.2, -0.15) is 4.39 Å². The van der Waals surface area contributed by atoms with Crippen LogP contribution in [0.25, 0.3) is 11.1 Å². The summed E-state index contributed by atoms with van der Waals surface area (Å²) in [5, 5.41) is 0. The van der Waals surface area contributed by atoms with Crippen LogP contribution in [0.3, 0.4) is 0 Å². The molecular weight excluding hydrogens is 255 g/mol. The number of benzene rings is 1. The first kappa shape index (κ1) is 12.8. The van der Waals surface area contributed by atoms with E-state index in [1.54, 1.807) is 12.1 Å². The van der Waals surface area contributed by atoms with Crippen molar-refractivity contribution in [2.45, 2.75) is 26.4 Å². The number of nitrogens with zero attached hydrogens (tertiary/aromatic N) is 2. The second kappa shape index (κ2) is 5.04. The lowest BCUT2D eigenvalue weighted by Crippen LogP contribution is -2.23. The Labute approximate surface area is 117 Å². The molecule has 2 aromatic rings. The SMILES string of the molecule is CCC(=O)N1Cc2ccc(-c3cccnc3F)cc2C1. The second-order valence-corrected chi connectivity index (χ2v) is 4.93. The maximum Gasteiger partial charge on any atom is 0.222 e. The quantitative estimate of drug-likeness (QED) is 0.785. The van der Waals surface area contributed by atoms with E-state index >= 15 is 0 Å². The number of aromatic nitrogens is 1. The highest BCUT2D eigenvalue weighted by Gasteiger charge is 2.22. The molecule has 20 heavy (non-hydrogen) atoms. The molecule has 2 heterocycles. The average molecular weight is 270 g/mol. The maximum absolute atomic E-state index is 13.7. The van der Waals surface area contributed by atoms with Gasteiger partial charge in [0.15, 0.2) is 0 Å². The largest absolute Gasteiger partial charge is 0.334 e. The van der Waals surface area contributed by atoms with Gasteiger partial charge in [0.1, 0.15) is 0 Å². The fourth-order valence-electron chi connectivity index (χ4n) is 2.56. The Balaban J connectivity index is 1.93. The summed E-state index contributed by atoms with van der Waals surface area (Å²) in [4.78, 5) is 17.2. The van der Waals surface area contributed by atoms with Gasteiger partial charge < -0.3 is 4.90 Å². The van der Waals surface area contributed by atoms with Crippen molar-refractivity contribution in [3.63, 3.8) is 0 Å². The maximum atomic E-state index is 13.7.